The van der Waals surface area contributed by atoms with Crippen LogP contribution in [0.25, 0.3) is 0 Å². The lowest BCUT2D eigenvalue weighted by atomic mass is 10.1. The van der Waals surface area contributed by atoms with Crippen molar-refractivity contribution < 1.29 is 19.1 Å². The predicted octanol–water partition coefficient (Wildman–Crippen LogP) is 1.63. The van der Waals surface area contributed by atoms with Crippen LogP contribution in [0.1, 0.15) is 40.0 Å². The van der Waals surface area contributed by atoms with Gasteiger partial charge in [0, 0.05) is 26.7 Å². The first kappa shape index (κ1) is 11.0. The molecule has 4 heteroatoms. The molecule has 1 rings (SSSR count). The minimum atomic E-state index is -0.989. The minimum Gasteiger partial charge on any atom is -0.423 e. The Labute approximate surface area is 83.6 Å². The highest BCUT2D eigenvalue weighted by atomic mass is 16.7. The van der Waals surface area contributed by atoms with Gasteiger partial charge in [-0.1, -0.05) is 6.92 Å². The average Bonchev–Trinajstić information content (AvgIpc) is 2.28. The van der Waals surface area contributed by atoms with E-state index in [0.717, 1.165) is 6.42 Å². The molecular weight excluding hydrogens is 184 g/mol. The largest absolute Gasteiger partial charge is 0.423 e. The van der Waals surface area contributed by atoms with Crippen LogP contribution in [0.15, 0.2) is 0 Å². The van der Waals surface area contributed by atoms with Crippen molar-refractivity contribution in [3.63, 3.8) is 0 Å². The minimum absolute atomic E-state index is 0.402. The van der Waals surface area contributed by atoms with Gasteiger partial charge in [0.15, 0.2) is 0 Å². The zero-order valence-corrected chi connectivity index (χ0v) is 8.83. The maximum absolute atomic E-state index is 10.9. The Morgan fingerprint density at radius 3 is 2.00 bits per heavy atom. The maximum Gasteiger partial charge on any atom is 0.305 e. The summed E-state index contributed by atoms with van der Waals surface area (Å²) in [6.45, 7) is 4.71. The van der Waals surface area contributed by atoms with Crippen molar-refractivity contribution in [2.24, 2.45) is 5.92 Å². The highest BCUT2D eigenvalue weighted by Gasteiger charge is 2.43. The molecule has 1 saturated carbocycles. The van der Waals surface area contributed by atoms with Crippen molar-refractivity contribution >= 4 is 11.9 Å². The van der Waals surface area contributed by atoms with Gasteiger partial charge < -0.3 is 9.47 Å². The van der Waals surface area contributed by atoms with E-state index in [0.29, 0.717) is 18.8 Å². The highest BCUT2D eigenvalue weighted by Crippen LogP contribution is 2.38. The molecule has 1 aliphatic carbocycles. The number of esters is 2. The summed E-state index contributed by atoms with van der Waals surface area (Å²) in [6, 6.07) is 0. The van der Waals surface area contributed by atoms with Crippen LogP contribution in [-0.4, -0.2) is 17.7 Å². The molecule has 0 bridgehead atoms. The molecule has 1 atom stereocenters. The summed E-state index contributed by atoms with van der Waals surface area (Å²) >= 11 is 0. The second-order valence-corrected chi connectivity index (χ2v) is 3.95. The summed E-state index contributed by atoms with van der Waals surface area (Å²) in [6.07, 6.45) is 2.13. The van der Waals surface area contributed by atoms with Gasteiger partial charge in [-0.2, -0.15) is 0 Å². The van der Waals surface area contributed by atoms with E-state index in [1.807, 2.05) is 0 Å². The molecule has 0 aromatic rings. The van der Waals surface area contributed by atoms with E-state index < -0.39 is 17.7 Å². The number of carbonyl (C=O) groups is 2. The molecule has 4 nitrogen and oxygen atoms in total. The van der Waals surface area contributed by atoms with Crippen LogP contribution >= 0.6 is 0 Å². The van der Waals surface area contributed by atoms with Crippen LogP contribution in [0.5, 0.6) is 0 Å². The number of hydrogen-bond donors (Lipinski definition) is 0. The maximum atomic E-state index is 10.9. The van der Waals surface area contributed by atoms with Crippen molar-refractivity contribution in [3.8, 4) is 0 Å². The van der Waals surface area contributed by atoms with Gasteiger partial charge in [-0.3, -0.25) is 9.59 Å². The van der Waals surface area contributed by atoms with Crippen molar-refractivity contribution in [3.05, 3.63) is 0 Å². The van der Waals surface area contributed by atoms with Crippen LogP contribution in [-0.2, 0) is 19.1 Å². The van der Waals surface area contributed by atoms with Gasteiger partial charge in [-0.15, -0.1) is 0 Å². The molecule has 0 aliphatic heterocycles. The third kappa shape index (κ3) is 2.72. The Bertz CT molecular complexity index is 231. The van der Waals surface area contributed by atoms with Gasteiger partial charge in [0.2, 0.25) is 0 Å². The molecule has 0 spiro atoms. The fourth-order valence-electron chi connectivity index (χ4n) is 1.93. The van der Waals surface area contributed by atoms with E-state index in [1.54, 1.807) is 0 Å². The second kappa shape index (κ2) is 3.98. The molecule has 1 aliphatic rings. The Morgan fingerprint density at radius 2 is 1.71 bits per heavy atom. The normalized spacial score (nSPS) is 24.4. The number of ether oxygens (including phenoxy) is 2. The molecule has 0 radical (unpaired) electrons. The zero-order valence-electron chi connectivity index (χ0n) is 8.83. The molecule has 0 aromatic heterocycles. The number of hydrogen-bond acceptors (Lipinski definition) is 4. The van der Waals surface area contributed by atoms with Crippen molar-refractivity contribution in [1.82, 2.24) is 0 Å². The van der Waals surface area contributed by atoms with E-state index >= 15 is 0 Å². The van der Waals surface area contributed by atoms with Crippen molar-refractivity contribution in [2.45, 2.75) is 45.8 Å². The van der Waals surface area contributed by atoms with E-state index in [1.165, 1.54) is 13.8 Å². The van der Waals surface area contributed by atoms with Crippen LogP contribution < -0.4 is 0 Å². The molecule has 80 valence electrons. The Morgan fingerprint density at radius 1 is 1.21 bits per heavy atom. The number of carbonyl (C=O) groups excluding carboxylic acids is 2. The van der Waals surface area contributed by atoms with Crippen molar-refractivity contribution in [1.29, 1.82) is 0 Å². The monoisotopic (exact) mass is 200 g/mol. The van der Waals surface area contributed by atoms with Gasteiger partial charge in [0.1, 0.15) is 0 Å². The van der Waals surface area contributed by atoms with Gasteiger partial charge in [-0.25, -0.2) is 0 Å². The standard InChI is InChI=1S/C10H16O4/c1-7-4-5-10(6-7,13-8(2)11)14-9(3)12/h7H,4-6H2,1-3H3. The Balaban J connectivity index is 2.69. The molecule has 1 unspecified atom stereocenters. The SMILES string of the molecule is CC(=O)OC1(OC(C)=O)CCC(C)C1. The molecule has 0 saturated heterocycles. The lowest BCUT2D eigenvalue weighted by molar-refractivity contribution is -0.224. The lowest BCUT2D eigenvalue weighted by Crippen LogP contribution is -2.36. The topological polar surface area (TPSA) is 52.6 Å². The molecule has 1 fully saturated rings. The second-order valence-electron chi connectivity index (χ2n) is 3.95. The van der Waals surface area contributed by atoms with E-state index in [4.69, 9.17) is 9.47 Å². The Kier molecular flexibility index (Phi) is 3.13. The van der Waals surface area contributed by atoms with E-state index in [-0.39, 0.29) is 0 Å². The van der Waals surface area contributed by atoms with Crippen LogP contribution in [0.3, 0.4) is 0 Å². The summed E-state index contributed by atoms with van der Waals surface area (Å²) in [4.78, 5) is 21.8. The average molecular weight is 200 g/mol. The number of rotatable bonds is 2. The summed E-state index contributed by atoms with van der Waals surface area (Å²) in [5.41, 5.74) is 0. The van der Waals surface area contributed by atoms with Gasteiger partial charge in [0.05, 0.1) is 0 Å². The zero-order chi connectivity index (χ0) is 10.8. The van der Waals surface area contributed by atoms with E-state index in [2.05, 4.69) is 6.92 Å². The first-order chi connectivity index (χ1) is 6.43. The van der Waals surface area contributed by atoms with Gasteiger partial charge >= 0.3 is 11.9 Å². The summed E-state index contributed by atoms with van der Waals surface area (Å²) in [5.74, 6) is -1.37. The molecule has 0 aromatic carbocycles. The quantitative estimate of drug-likeness (QED) is 0.502. The smallest absolute Gasteiger partial charge is 0.305 e. The lowest BCUT2D eigenvalue weighted by Gasteiger charge is -2.27. The third-order valence-electron chi connectivity index (χ3n) is 2.34. The molecule has 0 heterocycles. The fraction of sp³-hybridized carbons (Fsp3) is 0.800. The molecular formula is C10H16O4. The predicted molar refractivity (Wildman–Crippen MR) is 49.3 cm³/mol. The molecule has 0 amide bonds. The fourth-order valence-corrected chi connectivity index (χ4v) is 1.93. The van der Waals surface area contributed by atoms with Crippen LogP contribution in [0.4, 0.5) is 0 Å². The first-order valence-electron chi connectivity index (χ1n) is 4.83. The molecule has 0 N–H and O–H groups in total. The summed E-state index contributed by atoms with van der Waals surface area (Å²) in [7, 11) is 0. The highest BCUT2D eigenvalue weighted by molar-refractivity contribution is 5.68. The Hall–Kier alpha value is -1.06. The summed E-state index contributed by atoms with van der Waals surface area (Å²) in [5, 5.41) is 0. The summed E-state index contributed by atoms with van der Waals surface area (Å²) < 4.78 is 10.2. The van der Waals surface area contributed by atoms with Crippen LogP contribution in [0, 0.1) is 5.92 Å². The first-order valence-corrected chi connectivity index (χ1v) is 4.83. The van der Waals surface area contributed by atoms with Gasteiger partial charge in [0.25, 0.3) is 5.79 Å². The van der Waals surface area contributed by atoms with Crippen molar-refractivity contribution in [2.75, 3.05) is 0 Å². The molecule has 14 heavy (non-hydrogen) atoms. The third-order valence-corrected chi connectivity index (χ3v) is 2.34. The van der Waals surface area contributed by atoms with E-state index in [9.17, 15) is 9.59 Å². The van der Waals surface area contributed by atoms with Gasteiger partial charge in [-0.05, 0) is 12.3 Å². The van der Waals surface area contributed by atoms with Crippen LogP contribution in [0.2, 0.25) is 0 Å².